The quantitative estimate of drug-likeness (QED) is 0.605. The second kappa shape index (κ2) is 5.19. The van der Waals surface area contributed by atoms with Crippen molar-refractivity contribution in [1.29, 1.82) is 0 Å². The molecule has 8 heteroatoms. The van der Waals surface area contributed by atoms with E-state index in [2.05, 4.69) is 10.3 Å². The van der Waals surface area contributed by atoms with Crippen LogP contribution < -0.4 is 5.32 Å². The molecule has 0 bridgehead atoms. The van der Waals surface area contributed by atoms with Crippen LogP contribution >= 0.6 is 0 Å². The van der Waals surface area contributed by atoms with Crippen molar-refractivity contribution in [3.05, 3.63) is 40.4 Å². The molecular formula is C16H12N2O6. The molecule has 122 valence electrons. The summed E-state index contributed by atoms with van der Waals surface area (Å²) in [6, 6.07) is 0.209. The smallest absolute Gasteiger partial charge is 0.336 e. The number of ketones is 4. The lowest BCUT2D eigenvalue weighted by Crippen LogP contribution is -2.39. The fraction of sp³-hybridized carbons (Fsp3) is 0.250. The van der Waals surface area contributed by atoms with E-state index in [-0.39, 0.29) is 34.0 Å². The lowest BCUT2D eigenvalue weighted by Gasteiger charge is -2.27. The van der Waals surface area contributed by atoms with Gasteiger partial charge in [-0.25, -0.2) is 9.78 Å². The number of carboxylic acid groups (broad SMARTS) is 1. The zero-order valence-corrected chi connectivity index (χ0v) is 12.7. The minimum absolute atomic E-state index is 0.0228. The summed E-state index contributed by atoms with van der Waals surface area (Å²) < 4.78 is 0. The van der Waals surface area contributed by atoms with Gasteiger partial charge in [-0.3, -0.25) is 19.2 Å². The molecule has 0 fully saturated rings. The first-order valence-corrected chi connectivity index (χ1v) is 7.09. The van der Waals surface area contributed by atoms with Crippen LogP contribution in [-0.4, -0.2) is 39.2 Å². The number of nitrogens with one attached hydrogen (secondary N) is 1. The highest BCUT2D eigenvalue weighted by Crippen LogP contribution is 2.39. The maximum atomic E-state index is 12.3. The summed E-state index contributed by atoms with van der Waals surface area (Å²) in [6.07, 6.45) is 1.33. The number of rotatable bonds is 3. The van der Waals surface area contributed by atoms with Gasteiger partial charge in [0.15, 0.2) is 11.6 Å². The first-order chi connectivity index (χ1) is 11.2. The molecular weight excluding hydrogens is 316 g/mol. The highest BCUT2D eigenvalue weighted by Gasteiger charge is 2.47. The summed E-state index contributed by atoms with van der Waals surface area (Å²) in [4.78, 5) is 63.2. The van der Waals surface area contributed by atoms with Gasteiger partial charge in [0.2, 0.25) is 11.6 Å². The minimum atomic E-state index is -1.35. The van der Waals surface area contributed by atoms with Crippen LogP contribution in [0.5, 0.6) is 0 Å². The van der Waals surface area contributed by atoms with E-state index in [0.717, 1.165) is 6.07 Å². The number of aromatic carboxylic acids is 1. The zero-order valence-electron chi connectivity index (χ0n) is 12.7. The number of Topliss-reactive ketones (excluding diaryl/α,β-unsaturated/α-hetero) is 4. The van der Waals surface area contributed by atoms with Crippen LogP contribution in [0, 0.1) is 5.92 Å². The molecule has 0 saturated carbocycles. The van der Waals surface area contributed by atoms with Gasteiger partial charge in [0.1, 0.15) is 11.4 Å². The van der Waals surface area contributed by atoms with Crippen LogP contribution in [0.2, 0.25) is 0 Å². The van der Waals surface area contributed by atoms with Crippen molar-refractivity contribution in [2.24, 2.45) is 5.92 Å². The number of hydrogen-bond acceptors (Lipinski definition) is 7. The molecule has 8 nitrogen and oxygen atoms in total. The number of carboxylic acids is 1. The molecule has 3 rings (SSSR count). The van der Waals surface area contributed by atoms with Crippen molar-refractivity contribution in [2.75, 3.05) is 0 Å². The monoisotopic (exact) mass is 328 g/mol. The van der Waals surface area contributed by atoms with Crippen LogP contribution in [0.15, 0.2) is 17.8 Å². The van der Waals surface area contributed by atoms with Gasteiger partial charge in [-0.2, -0.15) is 0 Å². The summed E-state index contributed by atoms with van der Waals surface area (Å²) in [5, 5.41) is 12.2. The first-order valence-electron chi connectivity index (χ1n) is 7.09. The normalized spacial score (nSPS) is 21.5. The molecule has 1 aromatic heterocycles. The minimum Gasteiger partial charge on any atom is -0.478 e. The van der Waals surface area contributed by atoms with Crippen LogP contribution in [-0.2, 0) is 9.59 Å². The lowest BCUT2D eigenvalue weighted by molar-refractivity contribution is -0.118. The highest BCUT2D eigenvalue weighted by molar-refractivity contribution is 6.46. The first kappa shape index (κ1) is 15.7. The van der Waals surface area contributed by atoms with E-state index in [1.54, 1.807) is 0 Å². The average molecular weight is 328 g/mol. The number of carbonyl (C=O) groups excluding carboxylic acids is 4. The fourth-order valence-electron chi connectivity index (χ4n) is 2.95. The number of nitrogens with zero attached hydrogens (tertiary/aromatic N) is 1. The SMILES string of the molecule is CC(=O)C1=CC2C(=O)C(=O)c3nc(C(C)=O)cc(C(=O)O)c3C2N1. The summed E-state index contributed by atoms with van der Waals surface area (Å²) in [7, 11) is 0. The molecule has 0 spiro atoms. The molecule has 2 aliphatic rings. The van der Waals surface area contributed by atoms with Crippen molar-refractivity contribution >= 4 is 29.1 Å². The molecule has 2 atom stereocenters. The average Bonchev–Trinajstić information content (AvgIpc) is 2.96. The summed E-state index contributed by atoms with van der Waals surface area (Å²) >= 11 is 0. The Bertz CT molecular complexity index is 883. The molecule has 2 N–H and O–H groups in total. The molecule has 1 aliphatic carbocycles. The third-order valence-electron chi connectivity index (χ3n) is 4.10. The number of fused-ring (bicyclic) bond motifs is 3. The van der Waals surface area contributed by atoms with Crippen molar-refractivity contribution in [1.82, 2.24) is 10.3 Å². The largest absolute Gasteiger partial charge is 0.478 e. The zero-order chi connectivity index (χ0) is 17.8. The standard InChI is InChI=1S/C16H12N2O6/c1-5(19)9-3-7(16(23)24)11-12-8(4-10(17-12)6(2)20)14(21)15(22)13(11)18-9/h3-4,8,12,17H,1-2H3,(H,23,24). The number of aromatic nitrogens is 1. The Morgan fingerprint density at radius 3 is 2.38 bits per heavy atom. The lowest BCUT2D eigenvalue weighted by atomic mass is 9.79. The molecule has 24 heavy (non-hydrogen) atoms. The molecule has 0 aromatic carbocycles. The molecule has 2 unspecified atom stereocenters. The predicted octanol–water partition coefficient (Wildman–Crippen LogP) is 0.481. The van der Waals surface area contributed by atoms with Crippen LogP contribution in [0.1, 0.15) is 56.8 Å². The number of pyridine rings is 1. The van der Waals surface area contributed by atoms with E-state index in [1.165, 1.54) is 19.9 Å². The summed E-state index contributed by atoms with van der Waals surface area (Å²) in [5.74, 6) is -4.93. The van der Waals surface area contributed by atoms with Gasteiger partial charge >= 0.3 is 5.97 Å². The second-order valence-corrected chi connectivity index (χ2v) is 5.66. The molecule has 0 amide bonds. The number of hydrogen-bond donors (Lipinski definition) is 2. The Hall–Kier alpha value is -3.16. The topological polar surface area (TPSA) is 130 Å². The summed E-state index contributed by atoms with van der Waals surface area (Å²) in [6.45, 7) is 2.47. The fourth-order valence-corrected chi connectivity index (χ4v) is 2.95. The van der Waals surface area contributed by atoms with E-state index in [1.807, 2.05) is 0 Å². The van der Waals surface area contributed by atoms with E-state index in [0.29, 0.717) is 0 Å². The summed E-state index contributed by atoms with van der Waals surface area (Å²) in [5.41, 5.74) is -0.673. The van der Waals surface area contributed by atoms with E-state index >= 15 is 0 Å². The Kier molecular flexibility index (Phi) is 3.40. The van der Waals surface area contributed by atoms with Gasteiger partial charge in [-0.1, -0.05) is 0 Å². The molecule has 2 heterocycles. The van der Waals surface area contributed by atoms with Gasteiger partial charge < -0.3 is 10.4 Å². The van der Waals surface area contributed by atoms with E-state index in [9.17, 15) is 29.1 Å². The maximum Gasteiger partial charge on any atom is 0.336 e. The van der Waals surface area contributed by atoms with Crippen LogP contribution in [0.25, 0.3) is 0 Å². The van der Waals surface area contributed by atoms with Gasteiger partial charge in [-0.05, 0) is 12.1 Å². The molecule has 0 saturated heterocycles. The Morgan fingerprint density at radius 2 is 1.83 bits per heavy atom. The van der Waals surface area contributed by atoms with Crippen molar-refractivity contribution in [3.63, 3.8) is 0 Å². The van der Waals surface area contributed by atoms with Crippen LogP contribution in [0.4, 0.5) is 0 Å². The Balaban J connectivity index is 2.27. The third-order valence-corrected chi connectivity index (χ3v) is 4.10. The Morgan fingerprint density at radius 1 is 1.17 bits per heavy atom. The van der Waals surface area contributed by atoms with Crippen molar-refractivity contribution in [3.8, 4) is 0 Å². The van der Waals surface area contributed by atoms with Gasteiger partial charge in [-0.15, -0.1) is 0 Å². The number of allylic oxidation sites excluding steroid dienone is 1. The van der Waals surface area contributed by atoms with E-state index < -0.39 is 35.3 Å². The van der Waals surface area contributed by atoms with E-state index in [4.69, 9.17) is 0 Å². The maximum absolute atomic E-state index is 12.3. The molecule has 1 aromatic rings. The van der Waals surface area contributed by atoms with Gasteiger partial charge in [0, 0.05) is 19.4 Å². The molecule has 1 aliphatic heterocycles. The van der Waals surface area contributed by atoms with Crippen molar-refractivity contribution < 1.29 is 29.1 Å². The third kappa shape index (κ3) is 2.15. The Labute approximate surface area is 135 Å². The predicted molar refractivity (Wildman–Crippen MR) is 78.7 cm³/mol. The number of carbonyl (C=O) groups is 5. The van der Waals surface area contributed by atoms with Gasteiger partial charge in [0.05, 0.1) is 23.2 Å². The van der Waals surface area contributed by atoms with Crippen molar-refractivity contribution in [2.45, 2.75) is 19.9 Å². The molecule has 0 radical (unpaired) electrons. The highest BCUT2D eigenvalue weighted by atomic mass is 16.4. The van der Waals surface area contributed by atoms with Gasteiger partial charge in [0.25, 0.3) is 0 Å². The van der Waals surface area contributed by atoms with Crippen LogP contribution in [0.3, 0.4) is 0 Å². The second-order valence-electron chi connectivity index (χ2n) is 5.66.